The van der Waals surface area contributed by atoms with E-state index in [1.54, 1.807) is 17.5 Å². The van der Waals surface area contributed by atoms with E-state index in [-0.39, 0.29) is 17.9 Å². The van der Waals surface area contributed by atoms with Crippen molar-refractivity contribution in [1.29, 1.82) is 0 Å². The summed E-state index contributed by atoms with van der Waals surface area (Å²) in [4.78, 5) is 35.6. The number of aromatic amines is 1. The van der Waals surface area contributed by atoms with Crippen molar-refractivity contribution in [3.05, 3.63) is 63.1 Å². The molecule has 0 spiro atoms. The van der Waals surface area contributed by atoms with Crippen LogP contribution < -0.4 is 5.56 Å². The Morgan fingerprint density at radius 1 is 1.37 bits per heavy atom. The summed E-state index contributed by atoms with van der Waals surface area (Å²) in [5.41, 5.74) is 2.58. The lowest BCUT2D eigenvalue weighted by Crippen LogP contribution is -2.25. The first-order valence-corrected chi connectivity index (χ1v) is 10.0. The number of carbonyl (C=O) groups excluding carboxylic acids is 1. The fourth-order valence-electron chi connectivity index (χ4n) is 4.02. The van der Waals surface area contributed by atoms with Gasteiger partial charge in [-0.2, -0.15) is 0 Å². The molecule has 0 radical (unpaired) electrons. The van der Waals surface area contributed by atoms with Crippen LogP contribution >= 0.6 is 11.3 Å². The first-order valence-electron chi connectivity index (χ1n) is 9.21. The molecule has 4 aromatic rings. The highest BCUT2D eigenvalue weighted by atomic mass is 32.1. The zero-order chi connectivity index (χ0) is 18.5. The van der Waals surface area contributed by atoms with Crippen LogP contribution in [0.15, 0.2) is 41.6 Å². The van der Waals surface area contributed by atoms with Gasteiger partial charge in [0, 0.05) is 27.5 Å². The van der Waals surface area contributed by atoms with E-state index in [4.69, 9.17) is 0 Å². The number of ketones is 1. The number of nitrogens with zero attached hydrogens (tertiary/aromatic N) is 2. The van der Waals surface area contributed by atoms with E-state index in [2.05, 4.69) is 16.9 Å². The Labute approximate surface area is 159 Å². The predicted molar refractivity (Wildman–Crippen MR) is 108 cm³/mol. The third-order valence-corrected chi connectivity index (χ3v) is 6.65. The molecule has 5 nitrogen and oxygen atoms in total. The molecule has 0 saturated carbocycles. The van der Waals surface area contributed by atoms with E-state index in [1.165, 1.54) is 15.8 Å². The van der Waals surface area contributed by atoms with Gasteiger partial charge in [0.15, 0.2) is 5.78 Å². The molecule has 1 unspecified atom stereocenters. The maximum absolute atomic E-state index is 13.1. The quantitative estimate of drug-likeness (QED) is 0.550. The van der Waals surface area contributed by atoms with Crippen LogP contribution in [0.2, 0.25) is 0 Å². The molecule has 1 aliphatic rings. The van der Waals surface area contributed by atoms with Gasteiger partial charge in [0.05, 0.1) is 18.3 Å². The number of carbonyl (C=O) groups is 1. The minimum atomic E-state index is -0.0970. The van der Waals surface area contributed by atoms with Crippen molar-refractivity contribution in [2.45, 2.75) is 32.7 Å². The minimum Gasteiger partial charge on any atom is -0.360 e. The summed E-state index contributed by atoms with van der Waals surface area (Å²) in [5, 5.41) is 1.60. The molecular weight excluding hydrogens is 358 g/mol. The van der Waals surface area contributed by atoms with Crippen LogP contribution in [0, 0.1) is 5.92 Å². The summed E-state index contributed by atoms with van der Waals surface area (Å²) in [6, 6.07) is 7.69. The van der Waals surface area contributed by atoms with Gasteiger partial charge in [-0.15, -0.1) is 11.3 Å². The Hall–Kier alpha value is -2.73. The summed E-state index contributed by atoms with van der Waals surface area (Å²) in [5.74, 6) is 0.560. The summed E-state index contributed by atoms with van der Waals surface area (Å²) in [6.07, 6.45) is 6.28. The highest BCUT2D eigenvalue weighted by Crippen LogP contribution is 2.35. The Morgan fingerprint density at radius 2 is 2.22 bits per heavy atom. The second-order valence-corrected chi connectivity index (χ2v) is 8.46. The molecule has 1 atom stereocenters. The molecule has 1 N–H and O–H groups in total. The molecule has 3 heterocycles. The maximum atomic E-state index is 13.1. The van der Waals surface area contributed by atoms with E-state index in [0.717, 1.165) is 45.9 Å². The van der Waals surface area contributed by atoms with Crippen molar-refractivity contribution in [2.24, 2.45) is 5.92 Å². The second kappa shape index (κ2) is 6.16. The Balaban J connectivity index is 1.55. The van der Waals surface area contributed by atoms with E-state index < -0.39 is 0 Å². The number of fused-ring (bicyclic) bond motifs is 4. The molecule has 0 saturated heterocycles. The highest BCUT2D eigenvalue weighted by Gasteiger charge is 2.23. The molecule has 0 fully saturated rings. The van der Waals surface area contributed by atoms with Gasteiger partial charge in [0.2, 0.25) is 0 Å². The summed E-state index contributed by atoms with van der Waals surface area (Å²) in [6.45, 7) is 2.25. The topological polar surface area (TPSA) is 67.8 Å². The van der Waals surface area contributed by atoms with Crippen LogP contribution in [-0.2, 0) is 19.4 Å². The van der Waals surface area contributed by atoms with Crippen molar-refractivity contribution in [1.82, 2.24) is 14.5 Å². The Kier molecular flexibility index (Phi) is 3.75. The van der Waals surface area contributed by atoms with Gasteiger partial charge in [-0.1, -0.05) is 25.1 Å². The van der Waals surface area contributed by atoms with Gasteiger partial charge in [-0.05, 0) is 36.8 Å². The molecule has 6 heteroatoms. The maximum Gasteiger partial charge on any atom is 0.262 e. The summed E-state index contributed by atoms with van der Waals surface area (Å²) < 4.78 is 1.46. The molecule has 136 valence electrons. The molecule has 0 aliphatic heterocycles. The van der Waals surface area contributed by atoms with Gasteiger partial charge in [-0.25, -0.2) is 4.98 Å². The SMILES string of the molecule is CC1CCc2c(sc3ncn(CC(=O)c4c[nH]c5ccccc45)c(=O)c23)C1. The molecule has 0 amide bonds. The zero-order valence-corrected chi connectivity index (χ0v) is 15.8. The summed E-state index contributed by atoms with van der Waals surface area (Å²) in [7, 11) is 0. The van der Waals surface area contributed by atoms with Gasteiger partial charge in [0.25, 0.3) is 5.56 Å². The number of rotatable bonds is 3. The second-order valence-electron chi connectivity index (χ2n) is 7.38. The smallest absolute Gasteiger partial charge is 0.262 e. The molecule has 3 aromatic heterocycles. The fraction of sp³-hybridized carbons (Fsp3) is 0.286. The van der Waals surface area contributed by atoms with Crippen LogP contribution in [0.25, 0.3) is 21.1 Å². The number of aromatic nitrogens is 3. The van der Waals surface area contributed by atoms with E-state index in [0.29, 0.717) is 11.5 Å². The monoisotopic (exact) mass is 377 g/mol. The van der Waals surface area contributed by atoms with Crippen molar-refractivity contribution < 1.29 is 4.79 Å². The number of para-hydroxylation sites is 1. The predicted octanol–water partition coefficient (Wildman–Crippen LogP) is 3.95. The number of hydrogen-bond donors (Lipinski definition) is 1. The number of H-pyrrole nitrogens is 1. The number of Topliss-reactive ketones (excluding diaryl/α,β-unsaturated/α-hetero) is 1. The van der Waals surface area contributed by atoms with Crippen LogP contribution in [0.3, 0.4) is 0 Å². The number of thiophene rings is 1. The van der Waals surface area contributed by atoms with Crippen molar-refractivity contribution in [2.75, 3.05) is 0 Å². The molecule has 5 rings (SSSR count). The number of aryl methyl sites for hydroxylation is 1. The van der Waals surface area contributed by atoms with Gasteiger partial charge in [0.1, 0.15) is 4.83 Å². The number of hydrogen-bond acceptors (Lipinski definition) is 4. The van der Waals surface area contributed by atoms with Crippen molar-refractivity contribution >= 4 is 38.2 Å². The third kappa shape index (κ3) is 2.63. The largest absolute Gasteiger partial charge is 0.360 e. The van der Waals surface area contributed by atoms with Gasteiger partial charge in [-0.3, -0.25) is 14.2 Å². The molecule has 0 bridgehead atoms. The van der Waals surface area contributed by atoms with Crippen LogP contribution in [0.4, 0.5) is 0 Å². The highest BCUT2D eigenvalue weighted by molar-refractivity contribution is 7.18. The lowest BCUT2D eigenvalue weighted by atomic mass is 9.89. The zero-order valence-electron chi connectivity index (χ0n) is 15.0. The van der Waals surface area contributed by atoms with Crippen LogP contribution in [0.1, 0.15) is 34.1 Å². The molecule has 1 aliphatic carbocycles. The first kappa shape index (κ1) is 16.4. The van der Waals surface area contributed by atoms with Crippen LogP contribution in [0.5, 0.6) is 0 Å². The lowest BCUT2D eigenvalue weighted by Gasteiger charge is -2.17. The molecule has 1 aromatic carbocycles. The Bertz CT molecular complexity index is 1250. The average Bonchev–Trinajstić information content (AvgIpc) is 3.25. The van der Waals surface area contributed by atoms with Gasteiger partial charge < -0.3 is 4.98 Å². The standard InChI is InChI=1S/C21H19N3O2S/c1-12-6-7-14-18(8-12)27-20-19(14)21(26)24(11-23-20)10-17(25)15-9-22-16-5-3-2-4-13(15)16/h2-5,9,11-12,22H,6-8,10H2,1H3. The fourth-order valence-corrected chi connectivity index (χ4v) is 5.36. The first-order chi connectivity index (χ1) is 13.1. The Morgan fingerprint density at radius 3 is 3.11 bits per heavy atom. The lowest BCUT2D eigenvalue weighted by molar-refractivity contribution is 0.0972. The average molecular weight is 377 g/mol. The van der Waals surface area contributed by atoms with Crippen LogP contribution in [-0.4, -0.2) is 20.3 Å². The van der Waals surface area contributed by atoms with Gasteiger partial charge >= 0.3 is 0 Å². The normalized spacial score (nSPS) is 16.7. The minimum absolute atomic E-state index is 0.00461. The van der Waals surface area contributed by atoms with Crippen molar-refractivity contribution in [3.63, 3.8) is 0 Å². The third-order valence-electron chi connectivity index (χ3n) is 5.49. The van der Waals surface area contributed by atoms with E-state index in [9.17, 15) is 9.59 Å². The number of benzene rings is 1. The number of nitrogens with one attached hydrogen (secondary N) is 1. The van der Waals surface area contributed by atoms with E-state index >= 15 is 0 Å². The summed E-state index contributed by atoms with van der Waals surface area (Å²) >= 11 is 1.63. The van der Waals surface area contributed by atoms with E-state index in [1.807, 2.05) is 24.3 Å². The molecule has 27 heavy (non-hydrogen) atoms. The molecular formula is C21H19N3O2S. The van der Waals surface area contributed by atoms with Crippen molar-refractivity contribution in [3.8, 4) is 0 Å².